The van der Waals surface area contributed by atoms with Crippen LogP contribution in [0.3, 0.4) is 0 Å². The van der Waals surface area contributed by atoms with E-state index >= 15 is 0 Å². The number of hydrogen-bond donors (Lipinski definition) is 1. The molecule has 0 saturated heterocycles. The average Bonchev–Trinajstić information content (AvgIpc) is 2.46. The molecule has 1 aliphatic rings. The van der Waals surface area contributed by atoms with Gasteiger partial charge in [0.15, 0.2) is 0 Å². The van der Waals surface area contributed by atoms with Crippen LogP contribution in [-0.2, 0) is 0 Å². The van der Waals surface area contributed by atoms with Crippen LogP contribution in [0.2, 0.25) is 0 Å². The van der Waals surface area contributed by atoms with Crippen LogP contribution in [0.5, 0.6) is 0 Å². The Kier molecular flexibility index (Phi) is 5.11. The fourth-order valence-electron chi connectivity index (χ4n) is 3.49. The van der Waals surface area contributed by atoms with Gasteiger partial charge in [-0.15, -0.1) is 0 Å². The van der Waals surface area contributed by atoms with E-state index in [4.69, 9.17) is 0 Å². The summed E-state index contributed by atoms with van der Waals surface area (Å²) in [5.41, 5.74) is 1.65. The molecule has 2 nitrogen and oxygen atoms in total. The minimum atomic E-state index is -0.195. The molecular weight excluding hydrogens is 258 g/mol. The van der Waals surface area contributed by atoms with E-state index < -0.39 is 0 Å². The van der Waals surface area contributed by atoms with Gasteiger partial charge in [-0.1, -0.05) is 51.1 Å². The summed E-state index contributed by atoms with van der Waals surface area (Å²) in [5, 5.41) is 10.5. The quantitative estimate of drug-likeness (QED) is 0.907. The highest BCUT2D eigenvalue weighted by atomic mass is 16.3. The van der Waals surface area contributed by atoms with E-state index in [0.717, 1.165) is 19.3 Å². The van der Waals surface area contributed by atoms with Crippen molar-refractivity contribution in [2.24, 2.45) is 5.41 Å². The fourth-order valence-corrected chi connectivity index (χ4v) is 3.49. The van der Waals surface area contributed by atoms with Crippen LogP contribution >= 0.6 is 0 Å². The largest absolute Gasteiger partial charge is 0.391 e. The van der Waals surface area contributed by atoms with E-state index in [1.54, 1.807) is 0 Å². The Morgan fingerprint density at radius 2 is 1.76 bits per heavy atom. The van der Waals surface area contributed by atoms with Crippen LogP contribution in [0, 0.1) is 5.41 Å². The van der Waals surface area contributed by atoms with Crippen LogP contribution in [0.1, 0.15) is 58.4 Å². The molecule has 0 aliphatic heterocycles. The van der Waals surface area contributed by atoms with Crippen LogP contribution in [0.4, 0.5) is 0 Å². The molecule has 1 N–H and O–H groups in total. The Bertz CT molecular complexity index is 437. The van der Waals surface area contributed by atoms with Crippen molar-refractivity contribution in [3.05, 3.63) is 35.9 Å². The molecule has 2 heteroatoms. The van der Waals surface area contributed by atoms with Crippen molar-refractivity contribution in [1.82, 2.24) is 4.90 Å². The lowest BCUT2D eigenvalue weighted by Gasteiger charge is -2.45. The molecule has 1 aromatic rings. The molecule has 0 spiro atoms. The molecule has 1 fully saturated rings. The summed E-state index contributed by atoms with van der Waals surface area (Å²) in [6.45, 7) is 9.10. The zero-order chi connectivity index (χ0) is 15.6. The maximum absolute atomic E-state index is 10.5. The predicted molar refractivity (Wildman–Crippen MR) is 89.5 cm³/mol. The summed E-state index contributed by atoms with van der Waals surface area (Å²) in [6, 6.07) is 11.5. The molecule has 1 aliphatic carbocycles. The fraction of sp³-hybridized carbons (Fsp3) is 0.684. The number of aliphatic hydroxyl groups excluding tert-OH is 1. The summed E-state index contributed by atoms with van der Waals surface area (Å²) < 4.78 is 0. The van der Waals surface area contributed by atoms with Gasteiger partial charge in [-0.3, -0.25) is 4.90 Å². The van der Waals surface area contributed by atoms with E-state index in [9.17, 15) is 5.11 Å². The van der Waals surface area contributed by atoms with E-state index in [-0.39, 0.29) is 17.6 Å². The van der Waals surface area contributed by atoms with Crippen molar-refractivity contribution in [2.45, 2.75) is 71.1 Å². The molecule has 0 heterocycles. The molecule has 0 aromatic heterocycles. The average molecular weight is 289 g/mol. The lowest BCUT2D eigenvalue weighted by Crippen LogP contribution is -2.52. The third-order valence-electron chi connectivity index (χ3n) is 5.44. The minimum absolute atomic E-state index is 0.195. The van der Waals surface area contributed by atoms with Gasteiger partial charge in [0, 0.05) is 12.1 Å². The Morgan fingerprint density at radius 1 is 1.14 bits per heavy atom. The maximum atomic E-state index is 10.5. The van der Waals surface area contributed by atoms with Crippen molar-refractivity contribution in [1.29, 1.82) is 0 Å². The first-order valence-electron chi connectivity index (χ1n) is 8.25. The first-order chi connectivity index (χ1) is 9.80. The minimum Gasteiger partial charge on any atom is -0.391 e. The molecule has 2 rings (SSSR count). The van der Waals surface area contributed by atoms with Crippen molar-refractivity contribution < 1.29 is 5.11 Å². The van der Waals surface area contributed by atoms with Crippen molar-refractivity contribution in [3.63, 3.8) is 0 Å². The molecule has 4 unspecified atom stereocenters. The number of benzene rings is 1. The molecule has 118 valence electrons. The smallest absolute Gasteiger partial charge is 0.0695 e. The maximum Gasteiger partial charge on any atom is 0.0695 e. The third-order valence-corrected chi connectivity index (χ3v) is 5.44. The Labute approximate surface area is 130 Å². The van der Waals surface area contributed by atoms with E-state index in [2.05, 4.69) is 70.0 Å². The van der Waals surface area contributed by atoms with Gasteiger partial charge in [0.2, 0.25) is 0 Å². The summed E-state index contributed by atoms with van der Waals surface area (Å²) in [4.78, 5) is 2.40. The second-order valence-corrected chi connectivity index (χ2v) is 7.76. The Hall–Kier alpha value is -0.860. The number of likely N-dealkylation sites (N-methyl/N-ethyl adjacent to an activating group) is 1. The Morgan fingerprint density at radius 3 is 2.33 bits per heavy atom. The van der Waals surface area contributed by atoms with Gasteiger partial charge < -0.3 is 5.11 Å². The van der Waals surface area contributed by atoms with Crippen molar-refractivity contribution in [2.75, 3.05) is 7.05 Å². The molecule has 4 atom stereocenters. The number of rotatable bonds is 3. The lowest BCUT2D eigenvalue weighted by atomic mass is 9.77. The van der Waals surface area contributed by atoms with Crippen LogP contribution in [-0.4, -0.2) is 35.2 Å². The standard InChI is InChI=1S/C19H31NO/c1-14(19(2,3)4)20(5)17-13-16(11-12-18(17)21)15-9-7-6-8-10-15/h6-10,14,16-18,21H,11-13H2,1-5H3. The van der Waals surface area contributed by atoms with Gasteiger partial charge in [-0.25, -0.2) is 0 Å². The molecular formula is C19H31NO. The van der Waals surface area contributed by atoms with E-state index in [1.807, 2.05) is 0 Å². The Balaban J connectivity index is 2.11. The topological polar surface area (TPSA) is 23.5 Å². The predicted octanol–water partition coefficient (Wildman–Crippen LogP) is 4.05. The summed E-state index contributed by atoms with van der Waals surface area (Å²) in [5.74, 6) is 0.578. The lowest BCUT2D eigenvalue weighted by molar-refractivity contribution is -0.0123. The zero-order valence-electron chi connectivity index (χ0n) is 14.2. The third kappa shape index (κ3) is 3.87. The SMILES string of the molecule is CC(N(C)C1CC(c2ccccc2)CCC1O)C(C)(C)C. The highest BCUT2D eigenvalue weighted by Crippen LogP contribution is 2.37. The van der Waals surface area contributed by atoms with Crippen molar-refractivity contribution >= 4 is 0 Å². The highest BCUT2D eigenvalue weighted by molar-refractivity contribution is 5.20. The van der Waals surface area contributed by atoms with Crippen LogP contribution < -0.4 is 0 Å². The molecule has 21 heavy (non-hydrogen) atoms. The van der Waals surface area contributed by atoms with Gasteiger partial charge in [-0.05, 0) is 50.1 Å². The number of aliphatic hydroxyl groups is 1. The summed E-state index contributed by atoms with van der Waals surface area (Å²) >= 11 is 0. The first kappa shape index (κ1) is 16.5. The van der Waals surface area contributed by atoms with Gasteiger partial charge in [-0.2, -0.15) is 0 Å². The summed E-state index contributed by atoms with van der Waals surface area (Å²) in [6.07, 6.45) is 2.87. The normalized spacial score (nSPS) is 28.6. The van der Waals surface area contributed by atoms with Gasteiger partial charge in [0.05, 0.1) is 6.10 Å². The molecule has 0 radical (unpaired) electrons. The second kappa shape index (κ2) is 6.50. The van der Waals surface area contributed by atoms with E-state index in [1.165, 1.54) is 5.56 Å². The van der Waals surface area contributed by atoms with Gasteiger partial charge in [0.25, 0.3) is 0 Å². The highest BCUT2D eigenvalue weighted by Gasteiger charge is 2.36. The number of hydrogen-bond acceptors (Lipinski definition) is 2. The zero-order valence-corrected chi connectivity index (χ0v) is 14.2. The number of nitrogens with zero attached hydrogens (tertiary/aromatic N) is 1. The monoisotopic (exact) mass is 289 g/mol. The van der Waals surface area contributed by atoms with Crippen molar-refractivity contribution in [3.8, 4) is 0 Å². The first-order valence-corrected chi connectivity index (χ1v) is 8.25. The van der Waals surface area contributed by atoms with E-state index in [0.29, 0.717) is 12.0 Å². The van der Waals surface area contributed by atoms with Gasteiger partial charge in [0.1, 0.15) is 0 Å². The van der Waals surface area contributed by atoms with Crippen LogP contribution in [0.15, 0.2) is 30.3 Å². The summed E-state index contributed by atoms with van der Waals surface area (Å²) in [7, 11) is 2.18. The molecule has 0 bridgehead atoms. The van der Waals surface area contributed by atoms with Crippen LogP contribution in [0.25, 0.3) is 0 Å². The molecule has 0 amide bonds. The second-order valence-electron chi connectivity index (χ2n) is 7.76. The molecule has 1 saturated carbocycles. The molecule has 1 aromatic carbocycles. The van der Waals surface area contributed by atoms with Gasteiger partial charge >= 0.3 is 0 Å².